The summed E-state index contributed by atoms with van der Waals surface area (Å²) < 4.78 is 4.80. The molecular weight excluding hydrogens is 267 g/mol. The number of carbonyl (C=O) groups excluding carboxylic acids is 1. The average molecular weight is 278 g/mol. The van der Waals surface area contributed by atoms with Crippen molar-refractivity contribution in [2.45, 2.75) is 10.7 Å². The molecule has 0 heterocycles. The van der Waals surface area contributed by atoms with E-state index in [2.05, 4.69) is 4.74 Å². The van der Waals surface area contributed by atoms with Gasteiger partial charge in [0.2, 0.25) is 0 Å². The standard InChI is InChI=1S/C10H11ClO2Se/c1-10(11,9(12)13-2)14-8-6-4-3-5-7-8/h3-7H,1-2H3. The third kappa shape index (κ3) is 3.02. The van der Waals surface area contributed by atoms with Crippen molar-refractivity contribution < 1.29 is 9.53 Å². The Bertz CT molecular complexity index is 311. The maximum absolute atomic E-state index is 11.3. The van der Waals surface area contributed by atoms with E-state index >= 15 is 0 Å². The van der Waals surface area contributed by atoms with E-state index in [4.69, 9.17) is 11.6 Å². The van der Waals surface area contributed by atoms with Gasteiger partial charge in [-0.2, -0.15) is 0 Å². The molecule has 0 aromatic heterocycles. The number of halogens is 1. The van der Waals surface area contributed by atoms with E-state index in [1.807, 2.05) is 30.3 Å². The summed E-state index contributed by atoms with van der Waals surface area (Å²) >= 11 is 5.95. The summed E-state index contributed by atoms with van der Waals surface area (Å²) in [5, 5.41) is 0. The van der Waals surface area contributed by atoms with Gasteiger partial charge in [0.15, 0.2) is 0 Å². The van der Waals surface area contributed by atoms with Gasteiger partial charge in [-0.25, -0.2) is 0 Å². The molecule has 1 unspecified atom stereocenters. The number of rotatable bonds is 3. The zero-order valence-corrected chi connectivity index (χ0v) is 10.5. The molecule has 14 heavy (non-hydrogen) atoms. The molecule has 0 fully saturated rings. The van der Waals surface area contributed by atoms with Crippen LogP contribution in [0.4, 0.5) is 0 Å². The van der Waals surface area contributed by atoms with Gasteiger partial charge in [0.05, 0.1) is 0 Å². The summed E-state index contributed by atoms with van der Waals surface area (Å²) in [6.07, 6.45) is 0. The minimum absolute atomic E-state index is 0.122. The van der Waals surface area contributed by atoms with Crippen LogP contribution in [0.3, 0.4) is 0 Å². The SMILES string of the molecule is COC(=O)C(C)(Cl)[Se]c1ccccc1. The van der Waals surface area contributed by atoms with Crippen LogP contribution in [0.15, 0.2) is 30.3 Å². The van der Waals surface area contributed by atoms with Gasteiger partial charge in [0, 0.05) is 0 Å². The van der Waals surface area contributed by atoms with Gasteiger partial charge in [0.1, 0.15) is 0 Å². The normalized spacial score (nSPS) is 14.5. The molecule has 2 nitrogen and oxygen atoms in total. The van der Waals surface area contributed by atoms with E-state index in [0.717, 1.165) is 4.46 Å². The zero-order valence-electron chi connectivity index (χ0n) is 7.99. The number of methoxy groups -OCH3 is 1. The van der Waals surface area contributed by atoms with Gasteiger partial charge in [-0.3, -0.25) is 0 Å². The molecular formula is C10H11ClO2Se. The van der Waals surface area contributed by atoms with Gasteiger partial charge in [0.25, 0.3) is 0 Å². The second-order valence-corrected chi connectivity index (χ2v) is 7.22. The quantitative estimate of drug-likeness (QED) is 0.471. The summed E-state index contributed by atoms with van der Waals surface area (Å²) in [5.74, 6) is -0.372. The monoisotopic (exact) mass is 278 g/mol. The summed E-state index contributed by atoms with van der Waals surface area (Å²) in [7, 11) is 1.35. The fourth-order valence-electron chi connectivity index (χ4n) is 0.934. The summed E-state index contributed by atoms with van der Waals surface area (Å²) in [6.45, 7) is 1.69. The minimum atomic E-state index is -0.914. The van der Waals surface area contributed by atoms with Crippen molar-refractivity contribution >= 4 is 37.0 Å². The van der Waals surface area contributed by atoms with Crippen LogP contribution in [0.5, 0.6) is 0 Å². The van der Waals surface area contributed by atoms with Gasteiger partial charge < -0.3 is 0 Å². The molecule has 1 aromatic rings. The molecule has 0 saturated heterocycles. The number of esters is 1. The second-order valence-electron chi connectivity index (χ2n) is 2.82. The molecule has 0 aliphatic rings. The average Bonchev–Trinajstić information content (AvgIpc) is 2.17. The van der Waals surface area contributed by atoms with Crippen LogP contribution in [0.1, 0.15) is 6.92 Å². The fourth-order valence-corrected chi connectivity index (χ4v) is 3.37. The fraction of sp³-hybridized carbons (Fsp3) is 0.300. The molecule has 76 valence electrons. The Labute approximate surface area is 94.8 Å². The number of hydrogen-bond donors (Lipinski definition) is 0. The molecule has 0 radical (unpaired) electrons. The Hall–Kier alpha value is -0.501. The molecule has 0 aliphatic carbocycles. The molecule has 0 N–H and O–H groups in total. The van der Waals surface area contributed by atoms with Crippen LogP contribution in [-0.4, -0.2) is 31.8 Å². The van der Waals surface area contributed by atoms with E-state index in [-0.39, 0.29) is 20.9 Å². The summed E-state index contributed by atoms with van der Waals surface area (Å²) in [4.78, 5) is 11.3. The van der Waals surface area contributed by atoms with Crippen molar-refractivity contribution in [2.24, 2.45) is 0 Å². The Balaban J connectivity index is 2.73. The van der Waals surface area contributed by atoms with Gasteiger partial charge in [-0.05, 0) is 0 Å². The summed E-state index contributed by atoms with van der Waals surface area (Å²) in [5.41, 5.74) is 0. The predicted molar refractivity (Wildman–Crippen MR) is 58.1 cm³/mol. The van der Waals surface area contributed by atoms with Gasteiger partial charge in [-0.15, -0.1) is 0 Å². The summed E-state index contributed by atoms with van der Waals surface area (Å²) in [6, 6.07) is 9.72. The van der Waals surface area contributed by atoms with Crippen LogP contribution in [0, 0.1) is 0 Å². The molecule has 1 rings (SSSR count). The van der Waals surface area contributed by atoms with Crippen molar-refractivity contribution in [3.63, 3.8) is 0 Å². The number of carbonyl (C=O) groups is 1. The van der Waals surface area contributed by atoms with Crippen molar-refractivity contribution in [3.05, 3.63) is 30.3 Å². The van der Waals surface area contributed by atoms with E-state index in [1.54, 1.807) is 6.92 Å². The predicted octanol–water partition coefficient (Wildman–Crippen LogP) is 1.14. The van der Waals surface area contributed by atoms with Gasteiger partial charge >= 0.3 is 94.7 Å². The Morgan fingerprint density at radius 2 is 2.00 bits per heavy atom. The van der Waals surface area contributed by atoms with Crippen molar-refractivity contribution in [2.75, 3.05) is 7.11 Å². The van der Waals surface area contributed by atoms with Crippen LogP contribution in [0.2, 0.25) is 0 Å². The first-order valence-corrected chi connectivity index (χ1v) is 6.17. The molecule has 1 atom stereocenters. The van der Waals surface area contributed by atoms with E-state index in [0.29, 0.717) is 0 Å². The number of ether oxygens (including phenoxy) is 1. The number of benzene rings is 1. The second kappa shape index (κ2) is 4.83. The number of hydrogen-bond acceptors (Lipinski definition) is 2. The first-order valence-electron chi connectivity index (χ1n) is 4.07. The third-order valence-corrected chi connectivity index (χ3v) is 4.38. The van der Waals surface area contributed by atoms with Gasteiger partial charge in [-0.1, -0.05) is 0 Å². The molecule has 1 aromatic carbocycles. The zero-order chi connectivity index (χ0) is 10.6. The van der Waals surface area contributed by atoms with Crippen LogP contribution in [-0.2, 0) is 9.53 Å². The molecule has 0 bridgehead atoms. The van der Waals surface area contributed by atoms with Crippen LogP contribution < -0.4 is 4.46 Å². The van der Waals surface area contributed by atoms with Crippen molar-refractivity contribution in [1.82, 2.24) is 0 Å². The maximum atomic E-state index is 11.3. The topological polar surface area (TPSA) is 26.3 Å². The molecule has 0 amide bonds. The van der Waals surface area contributed by atoms with E-state index in [9.17, 15) is 4.79 Å². The molecule has 0 saturated carbocycles. The first-order chi connectivity index (χ1) is 6.56. The molecule has 0 spiro atoms. The first kappa shape index (κ1) is 11.6. The number of alkyl halides is 1. The van der Waals surface area contributed by atoms with Crippen molar-refractivity contribution in [3.8, 4) is 0 Å². The van der Waals surface area contributed by atoms with E-state index in [1.165, 1.54) is 7.11 Å². The van der Waals surface area contributed by atoms with Crippen LogP contribution in [0.25, 0.3) is 0 Å². The van der Waals surface area contributed by atoms with E-state index < -0.39 is 3.77 Å². The third-order valence-electron chi connectivity index (χ3n) is 1.60. The Morgan fingerprint density at radius 3 is 2.50 bits per heavy atom. The Kier molecular flexibility index (Phi) is 3.99. The Morgan fingerprint density at radius 1 is 1.43 bits per heavy atom. The molecule has 0 aliphatic heterocycles. The molecule has 4 heteroatoms. The van der Waals surface area contributed by atoms with Crippen molar-refractivity contribution in [1.29, 1.82) is 0 Å². The van der Waals surface area contributed by atoms with Crippen LogP contribution >= 0.6 is 11.6 Å².